The van der Waals surface area contributed by atoms with Crippen molar-refractivity contribution in [2.24, 2.45) is 5.92 Å². The first kappa shape index (κ1) is 11.7. The summed E-state index contributed by atoms with van der Waals surface area (Å²) < 4.78 is 6.08. The Labute approximate surface area is 106 Å². The summed E-state index contributed by atoms with van der Waals surface area (Å²) in [6.45, 7) is 0.734. The van der Waals surface area contributed by atoms with Crippen LogP contribution in [-0.4, -0.2) is 17.2 Å². The monoisotopic (exact) mass is 250 g/mol. The SMILES string of the molecule is CSC(=S)OCC1C/C1=C\c1ccccc1. The predicted octanol–water partition coefficient (Wildman–Crippen LogP) is 3.75. The lowest BCUT2D eigenvalue weighted by atomic mass is 10.2. The molecule has 16 heavy (non-hydrogen) atoms. The van der Waals surface area contributed by atoms with Gasteiger partial charge in [0, 0.05) is 5.92 Å². The van der Waals surface area contributed by atoms with Crippen LogP contribution in [0, 0.1) is 5.92 Å². The Morgan fingerprint density at radius 1 is 1.50 bits per heavy atom. The highest BCUT2D eigenvalue weighted by atomic mass is 32.2. The summed E-state index contributed by atoms with van der Waals surface area (Å²) >= 11 is 6.48. The highest BCUT2D eigenvalue weighted by Gasteiger charge is 2.30. The summed E-state index contributed by atoms with van der Waals surface area (Å²) in [6, 6.07) is 10.4. The molecule has 0 radical (unpaired) electrons. The second-order valence-corrected chi connectivity index (χ2v) is 5.20. The van der Waals surface area contributed by atoms with E-state index in [1.807, 2.05) is 12.3 Å². The number of ether oxygens (including phenoxy) is 1. The van der Waals surface area contributed by atoms with E-state index in [1.165, 1.54) is 22.9 Å². The predicted molar refractivity (Wildman–Crippen MR) is 74.6 cm³/mol. The molecular weight excluding hydrogens is 236 g/mol. The fraction of sp³-hybridized carbons (Fsp3) is 0.308. The molecule has 0 spiro atoms. The summed E-state index contributed by atoms with van der Waals surface area (Å²) in [4.78, 5) is 0. The van der Waals surface area contributed by atoms with Gasteiger partial charge in [-0.1, -0.05) is 53.7 Å². The van der Waals surface area contributed by atoms with Crippen LogP contribution in [0.25, 0.3) is 6.08 Å². The van der Waals surface area contributed by atoms with Gasteiger partial charge in [0.2, 0.25) is 4.38 Å². The minimum absolute atomic E-state index is 0.574. The molecule has 2 rings (SSSR count). The topological polar surface area (TPSA) is 9.23 Å². The molecule has 84 valence electrons. The van der Waals surface area contributed by atoms with Crippen LogP contribution in [0.2, 0.25) is 0 Å². The normalized spacial score (nSPS) is 20.8. The maximum atomic E-state index is 5.44. The van der Waals surface area contributed by atoms with Gasteiger partial charge in [0.05, 0.1) is 6.61 Å². The van der Waals surface area contributed by atoms with Crippen molar-refractivity contribution in [3.05, 3.63) is 41.5 Å². The Morgan fingerprint density at radius 2 is 2.25 bits per heavy atom. The first-order chi connectivity index (χ1) is 7.79. The van der Waals surface area contributed by atoms with E-state index in [1.54, 1.807) is 0 Å². The lowest BCUT2D eigenvalue weighted by molar-refractivity contribution is 0.308. The van der Waals surface area contributed by atoms with Gasteiger partial charge >= 0.3 is 0 Å². The van der Waals surface area contributed by atoms with E-state index in [9.17, 15) is 0 Å². The molecule has 1 aromatic carbocycles. The molecule has 0 aromatic heterocycles. The van der Waals surface area contributed by atoms with Crippen LogP contribution in [0.3, 0.4) is 0 Å². The zero-order valence-corrected chi connectivity index (χ0v) is 10.8. The van der Waals surface area contributed by atoms with Crippen LogP contribution in [-0.2, 0) is 4.74 Å². The minimum atomic E-state index is 0.574. The van der Waals surface area contributed by atoms with E-state index in [0.29, 0.717) is 10.3 Å². The zero-order chi connectivity index (χ0) is 11.4. The van der Waals surface area contributed by atoms with E-state index < -0.39 is 0 Å². The number of benzene rings is 1. The van der Waals surface area contributed by atoms with E-state index in [4.69, 9.17) is 17.0 Å². The third-order valence-corrected chi connectivity index (χ3v) is 3.64. The standard InChI is InChI=1S/C13H14OS2/c1-16-13(15)14-9-12-8-11(12)7-10-5-3-2-4-6-10/h2-7,12H,8-9H2,1H3/b11-7+. The van der Waals surface area contributed by atoms with Crippen molar-refractivity contribution in [2.45, 2.75) is 6.42 Å². The molecule has 0 bridgehead atoms. The first-order valence-corrected chi connectivity index (χ1v) is 6.89. The summed E-state index contributed by atoms with van der Waals surface area (Å²) in [7, 11) is 0. The molecule has 1 aromatic rings. The van der Waals surface area contributed by atoms with Gasteiger partial charge in [0.25, 0.3) is 0 Å². The molecule has 1 unspecified atom stereocenters. The summed E-state index contributed by atoms with van der Waals surface area (Å²) in [5.74, 6) is 0.574. The Hall–Kier alpha value is -0.800. The molecule has 1 fully saturated rings. The van der Waals surface area contributed by atoms with E-state index >= 15 is 0 Å². The molecule has 3 heteroatoms. The molecule has 1 atom stereocenters. The Morgan fingerprint density at radius 3 is 2.94 bits per heavy atom. The van der Waals surface area contributed by atoms with Gasteiger partial charge < -0.3 is 4.74 Å². The molecule has 0 saturated heterocycles. The second-order valence-electron chi connectivity index (χ2n) is 3.80. The molecule has 0 N–H and O–H groups in total. The number of rotatable bonds is 3. The van der Waals surface area contributed by atoms with Crippen molar-refractivity contribution in [1.82, 2.24) is 0 Å². The molecular formula is C13H14OS2. The molecule has 1 nitrogen and oxygen atoms in total. The Bertz CT molecular complexity index is 398. The summed E-state index contributed by atoms with van der Waals surface area (Å²) in [5, 5.41) is 0. The number of thioether (sulfide) groups is 1. The molecule has 0 heterocycles. The third-order valence-electron chi connectivity index (χ3n) is 2.57. The van der Waals surface area contributed by atoms with Crippen molar-refractivity contribution < 1.29 is 4.74 Å². The van der Waals surface area contributed by atoms with Crippen molar-refractivity contribution in [2.75, 3.05) is 12.9 Å². The maximum absolute atomic E-state index is 5.44. The van der Waals surface area contributed by atoms with E-state index in [-0.39, 0.29) is 0 Å². The second kappa shape index (κ2) is 5.51. The Kier molecular flexibility index (Phi) is 4.02. The lowest BCUT2D eigenvalue weighted by Crippen LogP contribution is -1.99. The van der Waals surface area contributed by atoms with Crippen molar-refractivity contribution in [3.63, 3.8) is 0 Å². The Balaban J connectivity index is 1.83. The maximum Gasteiger partial charge on any atom is 0.219 e. The van der Waals surface area contributed by atoms with Crippen molar-refractivity contribution >= 4 is 34.4 Å². The van der Waals surface area contributed by atoms with Crippen LogP contribution >= 0.6 is 24.0 Å². The fourth-order valence-corrected chi connectivity index (χ4v) is 1.81. The summed E-state index contributed by atoms with van der Waals surface area (Å²) in [6.07, 6.45) is 5.33. The number of hydrogen-bond donors (Lipinski definition) is 0. The molecule has 0 aliphatic heterocycles. The quantitative estimate of drug-likeness (QED) is 0.756. The van der Waals surface area contributed by atoms with Gasteiger partial charge in [-0.2, -0.15) is 0 Å². The van der Waals surface area contributed by atoms with Crippen LogP contribution in [0.15, 0.2) is 35.9 Å². The highest BCUT2D eigenvalue weighted by molar-refractivity contribution is 8.22. The summed E-state index contributed by atoms with van der Waals surface area (Å²) in [5.41, 5.74) is 2.74. The number of hydrogen-bond acceptors (Lipinski definition) is 3. The van der Waals surface area contributed by atoms with Crippen LogP contribution < -0.4 is 0 Å². The zero-order valence-electron chi connectivity index (χ0n) is 9.18. The molecule has 0 amide bonds. The number of thiocarbonyl (C=S) groups is 1. The van der Waals surface area contributed by atoms with Gasteiger partial charge in [0.15, 0.2) is 0 Å². The van der Waals surface area contributed by atoms with Gasteiger partial charge in [0.1, 0.15) is 0 Å². The molecule has 1 aliphatic rings. The van der Waals surface area contributed by atoms with Gasteiger partial charge in [-0.25, -0.2) is 0 Å². The van der Waals surface area contributed by atoms with E-state index in [2.05, 4.69) is 30.3 Å². The first-order valence-electron chi connectivity index (χ1n) is 5.26. The van der Waals surface area contributed by atoms with Gasteiger partial charge in [-0.3, -0.25) is 0 Å². The third kappa shape index (κ3) is 3.35. The molecule has 1 aliphatic carbocycles. The van der Waals surface area contributed by atoms with Gasteiger partial charge in [-0.15, -0.1) is 0 Å². The van der Waals surface area contributed by atoms with Crippen LogP contribution in [0.5, 0.6) is 0 Å². The molecule has 1 saturated carbocycles. The van der Waals surface area contributed by atoms with E-state index in [0.717, 1.165) is 13.0 Å². The van der Waals surface area contributed by atoms with Crippen molar-refractivity contribution in [3.8, 4) is 0 Å². The minimum Gasteiger partial charge on any atom is -0.478 e. The highest BCUT2D eigenvalue weighted by Crippen LogP contribution is 2.39. The average molecular weight is 250 g/mol. The van der Waals surface area contributed by atoms with Crippen LogP contribution in [0.4, 0.5) is 0 Å². The fourth-order valence-electron chi connectivity index (χ4n) is 1.56. The lowest BCUT2D eigenvalue weighted by Gasteiger charge is -2.01. The van der Waals surface area contributed by atoms with Crippen LogP contribution in [0.1, 0.15) is 12.0 Å². The average Bonchev–Trinajstić information content (AvgIpc) is 3.06. The van der Waals surface area contributed by atoms with Gasteiger partial charge in [-0.05, 0) is 30.5 Å². The largest absolute Gasteiger partial charge is 0.478 e. The van der Waals surface area contributed by atoms with Crippen molar-refractivity contribution in [1.29, 1.82) is 0 Å². The smallest absolute Gasteiger partial charge is 0.219 e.